The SMILES string of the molecule is CON=C1C=Cc2ccccc2C1=O. The van der Waals surface area contributed by atoms with Crippen molar-refractivity contribution in [3.63, 3.8) is 0 Å². The number of hydrogen-bond donors (Lipinski definition) is 0. The molecule has 0 spiro atoms. The van der Waals surface area contributed by atoms with Crippen molar-refractivity contribution in [2.75, 3.05) is 7.11 Å². The van der Waals surface area contributed by atoms with Crippen LogP contribution in [0.2, 0.25) is 0 Å². The molecule has 0 unspecified atom stereocenters. The highest BCUT2D eigenvalue weighted by Gasteiger charge is 2.18. The summed E-state index contributed by atoms with van der Waals surface area (Å²) in [7, 11) is 1.43. The molecular weight excluding hydrogens is 178 g/mol. The molecular formula is C11H9NO2. The van der Waals surface area contributed by atoms with E-state index in [1.807, 2.05) is 24.3 Å². The number of carbonyl (C=O) groups excluding carboxylic acids is 1. The number of rotatable bonds is 1. The van der Waals surface area contributed by atoms with Crippen LogP contribution in [0.4, 0.5) is 0 Å². The molecule has 14 heavy (non-hydrogen) atoms. The van der Waals surface area contributed by atoms with Crippen LogP contribution in [0.25, 0.3) is 6.08 Å². The highest BCUT2D eigenvalue weighted by Crippen LogP contribution is 2.17. The molecule has 1 aliphatic carbocycles. The van der Waals surface area contributed by atoms with E-state index in [1.54, 1.807) is 12.1 Å². The smallest absolute Gasteiger partial charge is 0.215 e. The van der Waals surface area contributed by atoms with Crippen LogP contribution in [0.5, 0.6) is 0 Å². The van der Waals surface area contributed by atoms with E-state index in [0.717, 1.165) is 5.56 Å². The molecule has 0 heterocycles. The van der Waals surface area contributed by atoms with E-state index in [-0.39, 0.29) is 5.78 Å². The standard InChI is InChI=1S/C11H9NO2/c1-14-12-10-7-6-8-4-2-3-5-9(8)11(10)13/h2-7H,1H3. The molecule has 0 saturated carbocycles. The fourth-order valence-electron chi connectivity index (χ4n) is 1.40. The monoisotopic (exact) mass is 187 g/mol. The Balaban J connectivity index is 2.50. The minimum absolute atomic E-state index is 0.0926. The second-order valence-electron chi connectivity index (χ2n) is 2.91. The van der Waals surface area contributed by atoms with Gasteiger partial charge in [-0.25, -0.2) is 0 Å². The Morgan fingerprint density at radius 1 is 1.21 bits per heavy atom. The molecule has 0 fully saturated rings. The van der Waals surface area contributed by atoms with Gasteiger partial charge >= 0.3 is 0 Å². The molecule has 0 aromatic heterocycles. The summed E-state index contributed by atoms with van der Waals surface area (Å²) in [6.45, 7) is 0. The molecule has 0 saturated heterocycles. The summed E-state index contributed by atoms with van der Waals surface area (Å²) in [5.41, 5.74) is 1.93. The van der Waals surface area contributed by atoms with Crippen molar-refractivity contribution in [3.8, 4) is 0 Å². The van der Waals surface area contributed by atoms with Gasteiger partial charge in [0.15, 0.2) is 5.71 Å². The Morgan fingerprint density at radius 2 is 2.00 bits per heavy atom. The maximum absolute atomic E-state index is 11.7. The van der Waals surface area contributed by atoms with Gasteiger partial charge in [0.25, 0.3) is 0 Å². The van der Waals surface area contributed by atoms with Crippen LogP contribution < -0.4 is 0 Å². The maximum Gasteiger partial charge on any atom is 0.215 e. The fraction of sp³-hybridized carbons (Fsp3) is 0.0909. The lowest BCUT2D eigenvalue weighted by Crippen LogP contribution is -2.16. The normalized spacial score (nSPS) is 16.9. The quantitative estimate of drug-likeness (QED) is 0.630. The summed E-state index contributed by atoms with van der Waals surface area (Å²) in [5, 5.41) is 3.64. The summed E-state index contributed by atoms with van der Waals surface area (Å²) in [5.74, 6) is -0.0926. The topological polar surface area (TPSA) is 38.7 Å². The summed E-state index contributed by atoms with van der Waals surface area (Å²) in [6, 6.07) is 7.41. The zero-order valence-electron chi connectivity index (χ0n) is 7.73. The van der Waals surface area contributed by atoms with Gasteiger partial charge in [-0.1, -0.05) is 35.5 Å². The third-order valence-corrected chi connectivity index (χ3v) is 2.05. The molecule has 0 bridgehead atoms. The summed E-state index contributed by atoms with van der Waals surface area (Å²) in [6.07, 6.45) is 3.52. The van der Waals surface area contributed by atoms with Gasteiger partial charge in [-0.3, -0.25) is 4.79 Å². The highest BCUT2D eigenvalue weighted by atomic mass is 16.6. The van der Waals surface area contributed by atoms with Crippen LogP contribution >= 0.6 is 0 Å². The van der Waals surface area contributed by atoms with E-state index in [0.29, 0.717) is 11.3 Å². The first-order valence-electron chi connectivity index (χ1n) is 4.26. The van der Waals surface area contributed by atoms with Crippen molar-refractivity contribution in [2.45, 2.75) is 0 Å². The van der Waals surface area contributed by atoms with Gasteiger partial charge in [-0.2, -0.15) is 0 Å². The maximum atomic E-state index is 11.7. The van der Waals surface area contributed by atoms with Crippen molar-refractivity contribution in [3.05, 3.63) is 41.5 Å². The van der Waals surface area contributed by atoms with E-state index in [4.69, 9.17) is 0 Å². The Kier molecular flexibility index (Phi) is 2.14. The number of Topliss-reactive ketones (excluding diaryl/α,β-unsaturated/α-hetero) is 1. The van der Waals surface area contributed by atoms with Gasteiger partial charge in [-0.15, -0.1) is 0 Å². The second kappa shape index (κ2) is 3.46. The van der Waals surface area contributed by atoms with Gasteiger partial charge < -0.3 is 4.84 Å². The molecule has 2 rings (SSSR count). The highest BCUT2D eigenvalue weighted by molar-refractivity contribution is 6.52. The van der Waals surface area contributed by atoms with Crippen LogP contribution in [-0.4, -0.2) is 18.6 Å². The molecule has 70 valence electrons. The first-order valence-corrected chi connectivity index (χ1v) is 4.26. The average molecular weight is 187 g/mol. The van der Waals surface area contributed by atoms with Gasteiger partial charge in [0, 0.05) is 5.56 Å². The lowest BCUT2D eigenvalue weighted by molar-refractivity contribution is 0.105. The second-order valence-corrected chi connectivity index (χ2v) is 2.91. The van der Waals surface area contributed by atoms with Crippen LogP contribution in [0.1, 0.15) is 15.9 Å². The fourth-order valence-corrected chi connectivity index (χ4v) is 1.40. The molecule has 3 heteroatoms. The average Bonchev–Trinajstić information content (AvgIpc) is 2.23. The third kappa shape index (κ3) is 1.33. The number of hydrogen-bond acceptors (Lipinski definition) is 3. The molecule has 3 nitrogen and oxygen atoms in total. The predicted octanol–water partition coefficient (Wildman–Crippen LogP) is 1.90. The zero-order chi connectivity index (χ0) is 9.97. The Bertz CT molecular complexity index is 433. The molecule has 0 aliphatic heterocycles. The molecule has 1 aromatic rings. The van der Waals surface area contributed by atoms with Crippen molar-refractivity contribution >= 4 is 17.6 Å². The number of fused-ring (bicyclic) bond motifs is 1. The van der Waals surface area contributed by atoms with E-state index in [2.05, 4.69) is 9.99 Å². The summed E-state index contributed by atoms with van der Waals surface area (Å²) < 4.78 is 0. The molecule has 0 amide bonds. The predicted molar refractivity (Wildman–Crippen MR) is 54.3 cm³/mol. The van der Waals surface area contributed by atoms with E-state index < -0.39 is 0 Å². The molecule has 1 aromatic carbocycles. The van der Waals surface area contributed by atoms with Gasteiger partial charge in [0.2, 0.25) is 5.78 Å². The van der Waals surface area contributed by atoms with Crippen LogP contribution in [0, 0.1) is 0 Å². The van der Waals surface area contributed by atoms with Crippen molar-refractivity contribution in [2.24, 2.45) is 5.16 Å². The lowest BCUT2D eigenvalue weighted by atomic mass is 9.95. The zero-order valence-corrected chi connectivity index (χ0v) is 7.73. The number of oxime groups is 1. The van der Waals surface area contributed by atoms with Crippen LogP contribution in [0.3, 0.4) is 0 Å². The number of carbonyl (C=O) groups is 1. The van der Waals surface area contributed by atoms with Crippen LogP contribution in [-0.2, 0) is 4.84 Å². The van der Waals surface area contributed by atoms with Crippen molar-refractivity contribution in [1.82, 2.24) is 0 Å². The Labute approximate surface area is 81.7 Å². The Hall–Kier alpha value is -1.90. The third-order valence-electron chi connectivity index (χ3n) is 2.05. The summed E-state index contributed by atoms with van der Waals surface area (Å²) in [4.78, 5) is 16.3. The van der Waals surface area contributed by atoms with Gasteiger partial charge in [0.05, 0.1) is 0 Å². The van der Waals surface area contributed by atoms with Crippen LogP contribution in [0.15, 0.2) is 35.5 Å². The largest absolute Gasteiger partial charge is 0.399 e. The molecule has 0 radical (unpaired) electrons. The van der Waals surface area contributed by atoms with E-state index in [1.165, 1.54) is 7.11 Å². The molecule has 0 N–H and O–H groups in total. The van der Waals surface area contributed by atoms with Crippen molar-refractivity contribution < 1.29 is 9.63 Å². The van der Waals surface area contributed by atoms with Crippen molar-refractivity contribution in [1.29, 1.82) is 0 Å². The first kappa shape index (κ1) is 8.69. The lowest BCUT2D eigenvalue weighted by Gasteiger charge is -2.09. The number of nitrogens with zero attached hydrogens (tertiary/aromatic N) is 1. The summed E-state index contributed by atoms with van der Waals surface area (Å²) >= 11 is 0. The Morgan fingerprint density at radius 3 is 2.79 bits per heavy atom. The van der Waals surface area contributed by atoms with E-state index >= 15 is 0 Å². The molecule has 0 atom stereocenters. The van der Waals surface area contributed by atoms with Gasteiger partial charge in [-0.05, 0) is 11.6 Å². The number of allylic oxidation sites excluding steroid dienone is 1. The first-order chi connectivity index (χ1) is 6.83. The number of ketones is 1. The number of benzene rings is 1. The van der Waals surface area contributed by atoms with E-state index in [9.17, 15) is 4.79 Å². The minimum Gasteiger partial charge on any atom is -0.399 e. The molecule has 1 aliphatic rings. The minimum atomic E-state index is -0.0926. The van der Waals surface area contributed by atoms with Gasteiger partial charge in [0.1, 0.15) is 7.11 Å².